The maximum absolute atomic E-state index is 13.3. The molecular formula is C26H30N2O. The molecule has 0 bridgehead atoms. The highest BCUT2D eigenvalue weighted by atomic mass is 16.1. The molecule has 0 spiro atoms. The zero-order valence-electron chi connectivity index (χ0n) is 17.5. The average Bonchev–Trinajstić information content (AvgIpc) is 2.69. The van der Waals surface area contributed by atoms with Gasteiger partial charge in [0.05, 0.1) is 16.8 Å². The van der Waals surface area contributed by atoms with Gasteiger partial charge in [-0.3, -0.25) is 4.79 Å². The lowest BCUT2D eigenvalue weighted by Gasteiger charge is -2.21. The van der Waals surface area contributed by atoms with Crippen LogP contribution in [-0.4, -0.2) is 16.9 Å². The van der Waals surface area contributed by atoms with E-state index in [1.165, 1.54) is 43.2 Å². The molecule has 150 valence electrons. The highest BCUT2D eigenvalue weighted by Gasteiger charge is 2.19. The summed E-state index contributed by atoms with van der Waals surface area (Å²) in [6.07, 6.45) is 8.46. The molecule has 1 N–H and O–H groups in total. The van der Waals surface area contributed by atoms with Gasteiger partial charge in [0.15, 0.2) is 0 Å². The van der Waals surface area contributed by atoms with Crippen LogP contribution in [0.5, 0.6) is 0 Å². The number of nitrogens with zero attached hydrogens (tertiary/aromatic N) is 1. The molecule has 1 aliphatic rings. The molecule has 0 aliphatic heterocycles. The van der Waals surface area contributed by atoms with E-state index < -0.39 is 0 Å². The van der Waals surface area contributed by atoms with Crippen LogP contribution in [-0.2, 0) is 0 Å². The van der Waals surface area contributed by atoms with Gasteiger partial charge >= 0.3 is 0 Å². The summed E-state index contributed by atoms with van der Waals surface area (Å²) in [6, 6.07) is 16.6. The summed E-state index contributed by atoms with van der Waals surface area (Å²) in [5.74, 6) is 0.0280. The second kappa shape index (κ2) is 8.77. The van der Waals surface area contributed by atoms with E-state index in [1.807, 2.05) is 30.3 Å². The van der Waals surface area contributed by atoms with Gasteiger partial charge in [-0.25, -0.2) is 4.98 Å². The summed E-state index contributed by atoms with van der Waals surface area (Å²) >= 11 is 0. The number of para-hydroxylation sites is 1. The van der Waals surface area contributed by atoms with Crippen LogP contribution in [0.2, 0.25) is 0 Å². The molecule has 1 aromatic heterocycles. The van der Waals surface area contributed by atoms with Gasteiger partial charge in [0.25, 0.3) is 5.91 Å². The maximum Gasteiger partial charge on any atom is 0.252 e. The first kappa shape index (κ1) is 19.6. The van der Waals surface area contributed by atoms with E-state index in [2.05, 4.69) is 37.4 Å². The standard InChI is InChI=1S/C26H30N2O/c1-18-14-15-21(19(2)16-18)25-17-23(22-12-8-9-13-24(22)28-25)26(29)27-20-10-6-4-3-5-7-11-20/h8-9,12-17,20H,3-7,10-11H2,1-2H3,(H,27,29). The van der Waals surface area contributed by atoms with E-state index >= 15 is 0 Å². The number of hydrogen-bond acceptors (Lipinski definition) is 2. The number of aryl methyl sites for hydroxylation is 2. The number of aromatic nitrogens is 1. The van der Waals surface area contributed by atoms with E-state index in [0.29, 0.717) is 0 Å². The molecule has 0 atom stereocenters. The first-order valence-electron chi connectivity index (χ1n) is 10.9. The Hall–Kier alpha value is -2.68. The molecule has 29 heavy (non-hydrogen) atoms. The topological polar surface area (TPSA) is 42.0 Å². The largest absolute Gasteiger partial charge is 0.349 e. The molecule has 3 heteroatoms. The second-order valence-corrected chi connectivity index (χ2v) is 8.41. The Morgan fingerprint density at radius 1 is 0.931 bits per heavy atom. The van der Waals surface area contributed by atoms with Gasteiger partial charge in [-0.1, -0.05) is 74.1 Å². The maximum atomic E-state index is 13.3. The molecule has 3 aromatic rings. The van der Waals surface area contributed by atoms with Crippen LogP contribution in [0, 0.1) is 13.8 Å². The van der Waals surface area contributed by atoms with Crippen molar-refractivity contribution in [2.75, 3.05) is 0 Å². The fraction of sp³-hybridized carbons (Fsp3) is 0.385. The third-order valence-corrected chi connectivity index (χ3v) is 6.06. The van der Waals surface area contributed by atoms with Gasteiger partial charge in [-0.05, 0) is 44.4 Å². The second-order valence-electron chi connectivity index (χ2n) is 8.41. The lowest BCUT2D eigenvalue weighted by atomic mass is 9.96. The number of fused-ring (bicyclic) bond motifs is 1. The molecule has 0 saturated heterocycles. The number of benzene rings is 2. The molecule has 0 unspecified atom stereocenters. The third-order valence-electron chi connectivity index (χ3n) is 6.06. The number of amides is 1. The van der Waals surface area contributed by atoms with E-state index in [-0.39, 0.29) is 11.9 Å². The minimum absolute atomic E-state index is 0.0280. The van der Waals surface area contributed by atoms with Crippen LogP contribution in [0.1, 0.15) is 66.4 Å². The Balaban J connectivity index is 1.71. The Kier molecular flexibility index (Phi) is 5.94. The number of pyridine rings is 1. The van der Waals surface area contributed by atoms with Crippen LogP contribution in [0.15, 0.2) is 48.5 Å². The van der Waals surface area contributed by atoms with Gasteiger partial charge in [-0.2, -0.15) is 0 Å². The highest BCUT2D eigenvalue weighted by molar-refractivity contribution is 6.07. The van der Waals surface area contributed by atoms with Gasteiger partial charge < -0.3 is 5.32 Å². The number of nitrogens with one attached hydrogen (secondary N) is 1. The highest BCUT2D eigenvalue weighted by Crippen LogP contribution is 2.28. The number of rotatable bonds is 3. The van der Waals surface area contributed by atoms with Crippen LogP contribution in [0.3, 0.4) is 0 Å². The minimum atomic E-state index is 0.0280. The molecule has 1 fully saturated rings. The summed E-state index contributed by atoms with van der Waals surface area (Å²) in [5, 5.41) is 4.25. The quantitative estimate of drug-likeness (QED) is 0.569. The Bertz CT molecular complexity index is 1020. The Labute approximate surface area is 173 Å². The lowest BCUT2D eigenvalue weighted by molar-refractivity contribution is 0.0932. The van der Waals surface area contributed by atoms with E-state index in [0.717, 1.165) is 40.6 Å². The zero-order valence-corrected chi connectivity index (χ0v) is 17.5. The summed E-state index contributed by atoms with van der Waals surface area (Å²) in [5.41, 5.74) is 5.96. The molecule has 1 aliphatic carbocycles. The molecule has 2 aromatic carbocycles. The third kappa shape index (κ3) is 4.50. The van der Waals surface area contributed by atoms with Crippen molar-refractivity contribution in [1.82, 2.24) is 10.3 Å². The van der Waals surface area contributed by atoms with E-state index in [1.54, 1.807) is 0 Å². The Morgan fingerprint density at radius 2 is 1.66 bits per heavy atom. The van der Waals surface area contributed by atoms with Gasteiger partial charge in [0, 0.05) is 17.0 Å². The summed E-state index contributed by atoms with van der Waals surface area (Å²) in [7, 11) is 0. The summed E-state index contributed by atoms with van der Waals surface area (Å²) < 4.78 is 0. The predicted octanol–water partition coefficient (Wildman–Crippen LogP) is 6.36. The van der Waals surface area contributed by atoms with Crippen molar-refractivity contribution < 1.29 is 4.79 Å². The van der Waals surface area contributed by atoms with Crippen molar-refractivity contribution in [3.05, 3.63) is 65.2 Å². The van der Waals surface area contributed by atoms with Crippen LogP contribution < -0.4 is 5.32 Å². The van der Waals surface area contributed by atoms with Crippen LogP contribution in [0.25, 0.3) is 22.2 Å². The van der Waals surface area contributed by atoms with Gasteiger partial charge in [0.2, 0.25) is 0 Å². The minimum Gasteiger partial charge on any atom is -0.349 e. The first-order valence-corrected chi connectivity index (χ1v) is 10.9. The predicted molar refractivity (Wildman–Crippen MR) is 120 cm³/mol. The first-order chi connectivity index (χ1) is 14.1. The SMILES string of the molecule is Cc1ccc(-c2cc(C(=O)NC3CCCCCCC3)c3ccccc3n2)c(C)c1. The zero-order chi connectivity index (χ0) is 20.2. The summed E-state index contributed by atoms with van der Waals surface area (Å²) in [4.78, 5) is 18.2. The van der Waals surface area contributed by atoms with Gasteiger partial charge in [0.1, 0.15) is 0 Å². The van der Waals surface area contributed by atoms with E-state index in [9.17, 15) is 4.79 Å². The van der Waals surface area contributed by atoms with Crippen molar-refractivity contribution in [2.45, 2.75) is 64.8 Å². The number of carbonyl (C=O) groups is 1. The molecule has 4 rings (SSSR count). The van der Waals surface area contributed by atoms with Crippen molar-refractivity contribution in [3.63, 3.8) is 0 Å². The van der Waals surface area contributed by atoms with E-state index in [4.69, 9.17) is 4.98 Å². The number of carbonyl (C=O) groups excluding carboxylic acids is 1. The van der Waals surface area contributed by atoms with Gasteiger partial charge in [-0.15, -0.1) is 0 Å². The fourth-order valence-electron chi connectivity index (χ4n) is 4.47. The smallest absolute Gasteiger partial charge is 0.252 e. The van der Waals surface area contributed by atoms with Crippen molar-refractivity contribution in [3.8, 4) is 11.3 Å². The average molecular weight is 387 g/mol. The van der Waals surface area contributed by atoms with Crippen LogP contribution >= 0.6 is 0 Å². The summed E-state index contributed by atoms with van der Waals surface area (Å²) in [6.45, 7) is 4.20. The molecule has 1 saturated carbocycles. The van der Waals surface area contributed by atoms with Crippen molar-refractivity contribution in [1.29, 1.82) is 0 Å². The monoisotopic (exact) mass is 386 g/mol. The molecule has 1 heterocycles. The fourth-order valence-corrected chi connectivity index (χ4v) is 4.47. The molecule has 1 amide bonds. The van der Waals surface area contributed by atoms with Crippen molar-refractivity contribution in [2.24, 2.45) is 0 Å². The molecular weight excluding hydrogens is 356 g/mol. The Morgan fingerprint density at radius 3 is 2.41 bits per heavy atom. The normalized spacial score (nSPS) is 15.7. The lowest BCUT2D eigenvalue weighted by Crippen LogP contribution is -2.35. The molecule has 0 radical (unpaired) electrons. The van der Waals surface area contributed by atoms with Crippen LogP contribution in [0.4, 0.5) is 0 Å². The molecule has 3 nitrogen and oxygen atoms in total. The number of hydrogen-bond donors (Lipinski definition) is 1. The van der Waals surface area contributed by atoms with Crippen molar-refractivity contribution >= 4 is 16.8 Å².